The molecule has 14 heavy (non-hydrogen) atoms. The molecule has 0 spiro atoms. The number of aliphatic hydroxyl groups excluding tert-OH is 1. The largest absolute Gasteiger partial charge is 0.396 e. The lowest BCUT2D eigenvalue weighted by atomic mass is 9.96. The molecule has 0 amide bonds. The Labute approximate surface area is 86.7 Å². The van der Waals surface area contributed by atoms with Crippen LogP contribution in [0.5, 0.6) is 0 Å². The lowest BCUT2D eigenvalue weighted by Crippen LogP contribution is -2.45. The molecule has 2 atom stereocenters. The Morgan fingerprint density at radius 3 is 2.79 bits per heavy atom. The molecular weight excluding hydrogens is 178 g/mol. The summed E-state index contributed by atoms with van der Waals surface area (Å²) in [6, 6.07) is 0. The Hall–Kier alpha value is -0.120. The van der Waals surface area contributed by atoms with Crippen LogP contribution in [0.1, 0.15) is 33.1 Å². The molecule has 0 aromatic rings. The van der Waals surface area contributed by atoms with Gasteiger partial charge in [-0.15, -0.1) is 0 Å². The van der Waals surface area contributed by atoms with Gasteiger partial charge in [-0.05, 0) is 38.6 Å². The number of likely N-dealkylation sites (tertiary alicyclic amines) is 1. The van der Waals surface area contributed by atoms with E-state index in [1.807, 2.05) is 13.8 Å². The Bertz CT molecular complexity index is 171. The van der Waals surface area contributed by atoms with Crippen LogP contribution in [-0.2, 0) is 0 Å². The van der Waals surface area contributed by atoms with Gasteiger partial charge < -0.3 is 15.1 Å². The van der Waals surface area contributed by atoms with Crippen molar-refractivity contribution in [3.05, 3.63) is 0 Å². The van der Waals surface area contributed by atoms with Crippen molar-refractivity contribution < 1.29 is 10.2 Å². The normalized spacial score (nSPS) is 28.7. The molecule has 1 aliphatic rings. The van der Waals surface area contributed by atoms with Crippen LogP contribution in [0.2, 0.25) is 0 Å². The average molecular weight is 201 g/mol. The topological polar surface area (TPSA) is 43.7 Å². The Morgan fingerprint density at radius 2 is 2.21 bits per heavy atom. The summed E-state index contributed by atoms with van der Waals surface area (Å²) in [4.78, 5) is 2.27. The predicted octanol–water partition coefficient (Wildman–Crippen LogP) is 0.852. The molecule has 0 saturated carbocycles. The maximum Gasteiger partial charge on any atom is 0.0743 e. The second-order valence-corrected chi connectivity index (χ2v) is 4.78. The number of nitrogens with zero attached hydrogens (tertiary/aromatic N) is 1. The smallest absolute Gasteiger partial charge is 0.0743 e. The molecule has 2 unspecified atom stereocenters. The maximum atomic E-state index is 9.93. The molecule has 0 radical (unpaired) electrons. The lowest BCUT2D eigenvalue weighted by Gasteiger charge is -2.36. The van der Waals surface area contributed by atoms with Crippen LogP contribution in [0.25, 0.3) is 0 Å². The van der Waals surface area contributed by atoms with Gasteiger partial charge in [0.25, 0.3) is 0 Å². The van der Waals surface area contributed by atoms with Crippen molar-refractivity contribution in [2.24, 2.45) is 5.92 Å². The first kappa shape index (κ1) is 12.0. The molecule has 3 nitrogen and oxygen atoms in total. The van der Waals surface area contributed by atoms with Gasteiger partial charge in [-0.25, -0.2) is 0 Å². The molecule has 1 aliphatic heterocycles. The van der Waals surface area contributed by atoms with Crippen molar-refractivity contribution >= 4 is 0 Å². The Morgan fingerprint density at radius 1 is 1.50 bits per heavy atom. The molecule has 2 N–H and O–H groups in total. The summed E-state index contributed by atoms with van der Waals surface area (Å²) < 4.78 is 0. The van der Waals surface area contributed by atoms with Gasteiger partial charge >= 0.3 is 0 Å². The maximum absolute atomic E-state index is 9.93. The minimum Gasteiger partial charge on any atom is -0.396 e. The van der Waals surface area contributed by atoms with E-state index in [2.05, 4.69) is 4.90 Å². The van der Waals surface area contributed by atoms with Crippen LogP contribution in [0.4, 0.5) is 0 Å². The van der Waals surface area contributed by atoms with Crippen LogP contribution in [0.3, 0.4) is 0 Å². The van der Waals surface area contributed by atoms with Crippen LogP contribution in [-0.4, -0.2) is 47.0 Å². The molecule has 0 aliphatic carbocycles. The highest BCUT2D eigenvalue weighted by Crippen LogP contribution is 2.19. The number of hydrogen-bond acceptors (Lipinski definition) is 3. The van der Waals surface area contributed by atoms with Gasteiger partial charge in [-0.2, -0.15) is 0 Å². The van der Waals surface area contributed by atoms with Gasteiger partial charge in [0.1, 0.15) is 0 Å². The van der Waals surface area contributed by atoms with Crippen molar-refractivity contribution in [2.75, 3.05) is 26.2 Å². The van der Waals surface area contributed by atoms with Gasteiger partial charge in [-0.3, -0.25) is 0 Å². The van der Waals surface area contributed by atoms with Gasteiger partial charge in [0.2, 0.25) is 0 Å². The fourth-order valence-electron chi connectivity index (χ4n) is 2.04. The minimum atomic E-state index is -0.572. The molecule has 1 saturated heterocycles. The molecule has 0 aromatic carbocycles. The van der Waals surface area contributed by atoms with Gasteiger partial charge in [0.15, 0.2) is 0 Å². The van der Waals surface area contributed by atoms with Crippen LogP contribution in [0, 0.1) is 5.92 Å². The zero-order chi connectivity index (χ0) is 10.6. The third kappa shape index (κ3) is 3.56. The van der Waals surface area contributed by atoms with Crippen molar-refractivity contribution in [1.82, 2.24) is 4.90 Å². The highest BCUT2D eigenvalue weighted by Gasteiger charge is 2.25. The number of hydrogen-bond donors (Lipinski definition) is 2. The standard InChI is InChI=1S/C11H23NO2/c1-3-11(2,14)9-12-6-4-5-10(7-12)8-13/h10,13-14H,3-9H2,1-2H3. The van der Waals surface area contributed by atoms with E-state index in [1.165, 1.54) is 0 Å². The first-order valence-electron chi connectivity index (χ1n) is 5.63. The van der Waals surface area contributed by atoms with Crippen molar-refractivity contribution in [3.63, 3.8) is 0 Å². The van der Waals surface area contributed by atoms with Crippen LogP contribution in [0.15, 0.2) is 0 Å². The number of piperidine rings is 1. The fourth-order valence-corrected chi connectivity index (χ4v) is 2.04. The SMILES string of the molecule is CCC(C)(O)CN1CCCC(CO)C1. The number of β-amino-alcohol motifs (C(OH)–C–C–N with tert-alkyl or cyclic N) is 1. The second kappa shape index (κ2) is 5.10. The summed E-state index contributed by atoms with van der Waals surface area (Å²) in [5.74, 6) is 0.413. The first-order chi connectivity index (χ1) is 6.57. The predicted molar refractivity (Wildman–Crippen MR) is 57.2 cm³/mol. The lowest BCUT2D eigenvalue weighted by molar-refractivity contribution is -0.000645. The third-order valence-corrected chi connectivity index (χ3v) is 3.19. The number of aliphatic hydroxyl groups is 2. The zero-order valence-corrected chi connectivity index (χ0v) is 9.37. The van der Waals surface area contributed by atoms with E-state index in [4.69, 9.17) is 5.11 Å². The summed E-state index contributed by atoms with van der Waals surface area (Å²) >= 11 is 0. The summed E-state index contributed by atoms with van der Waals surface area (Å²) in [5.41, 5.74) is -0.572. The van der Waals surface area contributed by atoms with Crippen LogP contribution >= 0.6 is 0 Å². The van der Waals surface area contributed by atoms with Crippen molar-refractivity contribution in [1.29, 1.82) is 0 Å². The van der Waals surface area contributed by atoms with E-state index in [9.17, 15) is 5.11 Å². The van der Waals surface area contributed by atoms with Gasteiger partial charge in [0.05, 0.1) is 5.60 Å². The average Bonchev–Trinajstić information content (AvgIpc) is 2.17. The molecule has 1 heterocycles. The summed E-state index contributed by atoms with van der Waals surface area (Å²) in [5, 5.41) is 19.0. The zero-order valence-electron chi connectivity index (χ0n) is 9.37. The van der Waals surface area contributed by atoms with Gasteiger partial charge in [-0.1, -0.05) is 6.92 Å². The number of rotatable bonds is 4. The minimum absolute atomic E-state index is 0.283. The van der Waals surface area contributed by atoms with E-state index in [-0.39, 0.29) is 6.61 Å². The third-order valence-electron chi connectivity index (χ3n) is 3.19. The van der Waals surface area contributed by atoms with Crippen molar-refractivity contribution in [2.45, 2.75) is 38.7 Å². The second-order valence-electron chi connectivity index (χ2n) is 4.78. The van der Waals surface area contributed by atoms with E-state index >= 15 is 0 Å². The Balaban J connectivity index is 2.37. The highest BCUT2D eigenvalue weighted by molar-refractivity contribution is 4.80. The van der Waals surface area contributed by atoms with E-state index in [1.54, 1.807) is 0 Å². The molecule has 1 rings (SSSR count). The van der Waals surface area contributed by atoms with E-state index in [0.29, 0.717) is 5.92 Å². The molecule has 1 fully saturated rings. The monoisotopic (exact) mass is 201 g/mol. The summed E-state index contributed by atoms with van der Waals surface area (Å²) in [6.45, 7) is 6.91. The van der Waals surface area contributed by atoms with Gasteiger partial charge in [0, 0.05) is 19.7 Å². The molecule has 3 heteroatoms. The van der Waals surface area contributed by atoms with Crippen molar-refractivity contribution in [3.8, 4) is 0 Å². The molecular formula is C11H23NO2. The molecule has 0 bridgehead atoms. The quantitative estimate of drug-likeness (QED) is 0.709. The summed E-state index contributed by atoms with van der Waals surface area (Å²) in [6.07, 6.45) is 3.06. The highest BCUT2D eigenvalue weighted by atomic mass is 16.3. The van der Waals surface area contributed by atoms with E-state index < -0.39 is 5.60 Å². The molecule has 84 valence electrons. The summed E-state index contributed by atoms with van der Waals surface area (Å²) in [7, 11) is 0. The Kier molecular flexibility index (Phi) is 4.35. The molecule has 0 aromatic heterocycles. The van der Waals surface area contributed by atoms with E-state index in [0.717, 1.165) is 38.9 Å². The van der Waals surface area contributed by atoms with Crippen LogP contribution < -0.4 is 0 Å². The fraction of sp³-hybridized carbons (Fsp3) is 1.00. The first-order valence-corrected chi connectivity index (χ1v) is 5.63.